The zero-order valence-electron chi connectivity index (χ0n) is 15.4. The van der Waals surface area contributed by atoms with Crippen molar-refractivity contribution in [1.29, 1.82) is 0 Å². The molecule has 0 aromatic carbocycles. The number of aliphatic hydroxyl groups excluding tert-OH is 1. The molecule has 27 heavy (non-hydrogen) atoms. The normalized spacial score (nSPS) is 14.9. The number of ether oxygens (including phenoxy) is 1. The first-order chi connectivity index (χ1) is 13.3. The van der Waals surface area contributed by atoms with Crippen LogP contribution in [0.2, 0.25) is 0 Å². The molecule has 1 aliphatic carbocycles. The average Bonchev–Trinajstić information content (AvgIpc) is 3.07. The van der Waals surface area contributed by atoms with E-state index in [-0.39, 0.29) is 0 Å². The second-order valence-electron chi connectivity index (χ2n) is 6.85. The van der Waals surface area contributed by atoms with E-state index in [1.54, 1.807) is 30.8 Å². The Morgan fingerprint density at radius 2 is 2.19 bits per heavy atom. The number of aryl methyl sites for hydroxylation is 2. The minimum Gasteiger partial charge on any atom is -0.391 e. The third kappa shape index (κ3) is 3.95. The van der Waals surface area contributed by atoms with Gasteiger partial charge in [-0.05, 0) is 49.8 Å². The van der Waals surface area contributed by atoms with E-state index in [9.17, 15) is 5.11 Å². The number of fused-ring (bicyclic) bond motifs is 3. The lowest BCUT2D eigenvalue weighted by molar-refractivity contribution is 0.0615. The zero-order valence-corrected chi connectivity index (χ0v) is 16.3. The van der Waals surface area contributed by atoms with Crippen molar-refractivity contribution in [3.8, 4) is 11.4 Å². The highest BCUT2D eigenvalue weighted by atomic mass is 32.1. The third-order valence-electron chi connectivity index (χ3n) is 4.86. The van der Waals surface area contributed by atoms with Gasteiger partial charge in [-0.2, -0.15) is 0 Å². The SMILES string of the molecule is COCC(O)CCNc1nc(-c2cccnc2)nc2sc3c(c12)CCCC3. The zero-order chi connectivity index (χ0) is 18.6. The van der Waals surface area contributed by atoms with Gasteiger partial charge >= 0.3 is 0 Å². The minimum atomic E-state index is -0.478. The molecule has 0 bridgehead atoms. The van der Waals surface area contributed by atoms with E-state index in [4.69, 9.17) is 14.7 Å². The maximum Gasteiger partial charge on any atom is 0.164 e. The topological polar surface area (TPSA) is 80.2 Å². The van der Waals surface area contributed by atoms with Crippen LogP contribution in [0.1, 0.15) is 29.7 Å². The predicted molar refractivity (Wildman–Crippen MR) is 108 cm³/mol. The Kier molecular flexibility index (Phi) is 5.61. The van der Waals surface area contributed by atoms with Crippen LogP contribution < -0.4 is 5.32 Å². The van der Waals surface area contributed by atoms with Crippen molar-refractivity contribution in [1.82, 2.24) is 15.0 Å². The van der Waals surface area contributed by atoms with Crippen LogP contribution in [0.4, 0.5) is 5.82 Å². The first-order valence-electron chi connectivity index (χ1n) is 9.40. The van der Waals surface area contributed by atoms with Crippen molar-refractivity contribution < 1.29 is 9.84 Å². The Balaban J connectivity index is 1.70. The molecule has 6 nitrogen and oxygen atoms in total. The van der Waals surface area contributed by atoms with Crippen LogP contribution in [-0.4, -0.2) is 46.4 Å². The second kappa shape index (κ2) is 8.29. The molecule has 142 valence electrons. The van der Waals surface area contributed by atoms with Crippen LogP contribution in [0.15, 0.2) is 24.5 Å². The van der Waals surface area contributed by atoms with E-state index in [1.807, 2.05) is 12.1 Å². The summed E-state index contributed by atoms with van der Waals surface area (Å²) in [6.45, 7) is 0.976. The third-order valence-corrected chi connectivity index (χ3v) is 6.05. The largest absolute Gasteiger partial charge is 0.391 e. The van der Waals surface area contributed by atoms with Gasteiger partial charge in [0.1, 0.15) is 10.6 Å². The molecule has 0 amide bonds. The fourth-order valence-electron chi connectivity index (χ4n) is 3.54. The molecule has 3 aromatic rings. The lowest BCUT2D eigenvalue weighted by atomic mass is 9.97. The lowest BCUT2D eigenvalue weighted by Gasteiger charge is -2.14. The number of anilines is 1. The molecule has 1 atom stereocenters. The molecule has 0 saturated carbocycles. The number of hydrogen-bond acceptors (Lipinski definition) is 7. The van der Waals surface area contributed by atoms with Gasteiger partial charge in [0.15, 0.2) is 5.82 Å². The van der Waals surface area contributed by atoms with Gasteiger partial charge in [0, 0.05) is 36.5 Å². The Hall–Kier alpha value is -2.09. The Morgan fingerprint density at radius 3 is 3.00 bits per heavy atom. The minimum absolute atomic E-state index is 0.343. The molecule has 7 heteroatoms. The van der Waals surface area contributed by atoms with Gasteiger partial charge in [-0.1, -0.05) is 0 Å². The van der Waals surface area contributed by atoms with Gasteiger partial charge in [-0.15, -0.1) is 11.3 Å². The maximum absolute atomic E-state index is 9.92. The standard InChI is InChI=1S/C20H24N4O2S/c1-26-12-14(25)8-10-22-19-17-15-6-2-3-7-16(15)27-20(17)24-18(23-19)13-5-4-9-21-11-13/h4-5,9,11,14,25H,2-3,6-8,10,12H2,1H3,(H,22,23,24). The van der Waals surface area contributed by atoms with Crippen LogP contribution in [0.3, 0.4) is 0 Å². The molecule has 0 saturated heterocycles. The lowest BCUT2D eigenvalue weighted by Crippen LogP contribution is -2.19. The number of nitrogens with zero attached hydrogens (tertiary/aromatic N) is 3. The van der Waals surface area contributed by atoms with Gasteiger partial charge in [0.25, 0.3) is 0 Å². The highest BCUT2D eigenvalue weighted by Crippen LogP contribution is 2.39. The Labute approximate surface area is 162 Å². The molecule has 0 radical (unpaired) electrons. The summed E-state index contributed by atoms with van der Waals surface area (Å²) >= 11 is 1.79. The molecule has 1 aliphatic rings. The first-order valence-corrected chi connectivity index (χ1v) is 10.2. The Bertz CT molecular complexity index is 913. The summed E-state index contributed by atoms with van der Waals surface area (Å²) in [7, 11) is 1.60. The van der Waals surface area contributed by atoms with Gasteiger partial charge < -0.3 is 15.2 Å². The molecule has 0 fully saturated rings. The molecular formula is C20H24N4O2S. The van der Waals surface area contributed by atoms with Crippen molar-refractivity contribution in [2.75, 3.05) is 25.6 Å². The van der Waals surface area contributed by atoms with E-state index >= 15 is 0 Å². The molecule has 0 spiro atoms. The number of hydrogen-bond donors (Lipinski definition) is 2. The summed E-state index contributed by atoms with van der Waals surface area (Å²) in [4.78, 5) is 16.3. The van der Waals surface area contributed by atoms with Crippen molar-refractivity contribution in [2.45, 2.75) is 38.2 Å². The average molecular weight is 385 g/mol. The van der Waals surface area contributed by atoms with Gasteiger partial charge in [-0.3, -0.25) is 4.98 Å². The van der Waals surface area contributed by atoms with E-state index in [1.165, 1.54) is 23.3 Å². The number of nitrogens with one attached hydrogen (secondary N) is 1. The van der Waals surface area contributed by atoms with Gasteiger partial charge in [-0.25, -0.2) is 9.97 Å². The number of pyridine rings is 1. The quantitative estimate of drug-likeness (QED) is 0.650. The van der Waals surface area contributed by atoms with E-state index < -0.39 is 6.10 Å². The van der Waals surface area contributed by atoms with Gasteiger partial charge in [0.2, 0.25) is 0 Å². The number of thiophene rings is 1. The fraction of sp³-hybridized carbons (Fsp3) is 0.450. The molecule has 2 N–H and O–H groups in total. The Morgan fingerprint density at radius 1 is 1.30 bits per heavy atom. The van der Waals surface area contributed by atoms with Crippen LogP contribution >= 0.6 is 11.3 Å². The van der Waals surface area contributed by atoms with Crippen molar-refractivity contribution >= 4 is 27.4 Å². The van der Waals surface area contributed by atoms with Crippen molar-refractivity contribution in [3.63, 3.8) is 0 Å². The van der Waals surface area contributed by atoms with E-state index in [0.717, 1.165) is 34.4 Å². The summed E-state index contributed by atoms with van der Waals surface area (Å²) in [6.07, 6.45) is 8.35. The van der Waals surface area contributed by atoms with E-state index in [2.05, 4.69) is 10.3 Å². The fourth-order valence-corrected chi connectivity index (χ4v) is 4.80. The highest BCUT2D eigenvalue weighted by Gasteiger charge is 2.21. The maximum atomic E-state index is 9.92. The second-order valence-corrected chi connectivity index (χ2v) is 7.94. The molecule has 3 aromatic heterocycles. The molecule has 4 rings (SSSR count). The molecular weight excluding hydrogens is 360 g/mol. The monoisotopic (exact) mass is 384 g/mol. The summed E-state index contributed by atoms with van der Waals surface area (Å²) in [5.41, 5.74) is 2.31. The summed E-state index contributed by atoms with van der Waals surface area (Å²) in [5, 5.41) is 14.5. The predicted octanol–water partition coefficient (Wildman–Crippen LogP) is 3.44. The summed E-state index contributed by atoms with van der Waals surface area (Å²) in [5.74, 6) is 1.55. The van der Waals surface area contributed by atoms with E-state index in [0.29, 0.717) is 25.4 Å². The van der Waals surface area contributed by atoms with Crippen LogP contribution in [0.25, 0.3) is 21.6 Å². The first kappa shape index (κ1) is 18.3. The molecule has 0 aliphatic heterocycles. The smallest absolute Gasteiger partial charge is 0.164 e. The summed E-state index contributed by atoms with van der Waals surface area (Å²) < 4.78 is 5.01. The number of rotatable bonds is 7. The number of aliphatic hydroxyl groups is 1. The highest BCUT2D eigenvalue weighted by molar-refractivity contribution is 7.19. The van der Waals surface area contributed by atoms with Crippen LogP contribution in [-0.2, 0) is 17.6 Å². The number of methoxy groups -OCH3 is 1. The van der Waals surface area contributed by atoms with Crippen molar-refractivity contribution in [3.05, 3.63) is 35.0 Å². The molecule has 1 unspecified atom stereocenters. The molecule has 3 heterocycles. The van der Waals surface area contributed by atoms with Gasteiger partial charge in [0.05, 0.1) is 18.1 Å². The van der Waals surface area contributed by atoms with Crippen molar-refractivity contribution in [2.24, 2.45) is 0 Å². The number of aromatic nitrogens is 3. The van der Waals surface area contributed by atoms with Crippen LogP contribution in [0, 0.1) is 0 Å². The van der Waals surface area contributed by atoms with Crippen LogP contribution in [0.5, 0.6) is 0 Å². The summed E-state index contributed by atoms with van der Waals surface area (Å²) in [6, 6.07) is 3.88.